The van der Waals surface area contributed by atoms with Crippen LogP contribution in [0, 0.1) is 26.6 Å². The number of alkyl halides is 3. The zero-order valence-corrected chi connectivity index (χ0v) is 24.0. The number of aromatic nitrogens is 4. The van der Waals surface area contributed by atoms with Crippen molar-refractivity contribution in [1.82, 2.24) is 24.9 Å². The molecule has 0 aliphatic rings. The van der Waals surface area contributed by atoms with Crippen LogP contribution < -0.4 is 10.1 Å². The van der Waals surface area contributed by atoms with Crippen LogP contribution in [0.5, 0.6) is 11.5 Å². The van der Waals surface area contributed by atoms with E-state index in [1.54, 1.807) is 69.5 Å². The normalized spacial score (nSPS) is 12.3. The first-order valence-corrected chi connectivity index (χ1v) is 13.3. The second-order valence-corrected chi connectivity index (χ2v) is 10.7. The van der Waals surface area contributed by atoms with Gasteiger partial charge in [-0.15, -0.1) is 23.4 Å². The molecule has 5 rings (SSSR count). The molecule has 3 heterocycles. The second-order valence-electron chi connectivity index (χ2n) is 10.7. The summed E-state index contributed by atoms with van der Waals surface area (Å²) in [6.07, 6.45) is -3.03. The summed E-state index contributed by atoms with van der Waals surface area (Å²) in [5, 5.41) is 22.2. The fourth-order valence-corrected chi connectivity index (χ4v) is 4.88. The number of aryl methyl sites for hydroxylation is 3. The lowest BCUT2D eigenvalue weighted by Crippen LogP contribution is -2.29. The molecule has 0 spiro atoms. The molecule has 0 aliphatic carbocycles. The lowest BCUT2D eigenvalue weighted by molar-refractivity contribution is -0.323. The third-order valence-electron chi connectivity index (χ3n) is 6.97. The van der Waals surface area contributed by atoms with Crippen molar-refractivity contribution >= 4 is 22.5 Å². The molecule has 0 aliphatic heterocycles. The highest BCUT2D eigenvalue weighted by molar-refractivity contribution is 6.07. The summed E-state index contributed by atoms with van der Waals surface area (Å²) in [5.41, 5.74) is 2.60. The molecule has 2 aromatic carbocycles. The first-order valence-electron chi connectivity index (χ1n) is 13.3. The SMILES string of the molecule is Cc1cc(F)cc(C)c1Oc1ccc(C(C)(C)O)cc1-c1cn2c(C)nnc2c2[nH]c(C(=O)NCCOC(F)(F)F)cc12. The van der Waals surface area contributed by atoms with Gasteiger partial charge in [-0.3, -0.25) is 13.9 Å². The number of aliphatic hydroxyl groups is 1. The monoisotopic (exact) mass is 599 g/mol. The summed E-state index contributed by atoms with van der Waals surface area (Å²) in [6, 6.07) is 9.50. The van der Waals surface area contributed by atoms with E-state index in [0.29, 0.717) is 61.7 Å². The van der Waals surface area contributed by atoms with Crippen LogP contribution in [0.25, 0.3) is 27.7 Å². The topological polar surface area (TPSA) is 114 Å². The molecule has 0 bridgehead atoms. The van der Waals surface area contributed by atoms with Gasteiger partial charge in [0.2, 0.25) is 0 Å². The van der Waals surface area contributed by atoms with Crippen LogP contribution in [0.2, 0.25) is 0 Å². The zero-order chi connectivity index (χ0) is 31.3. The van der Waals surface area contributed by atoms with Crippen molar-refractivity contribution in [3.63, 3.8) is 0 Å². The minimum atomic E-state index is -4.81. The smallest absolute Gasteiger partial charge is 0.456 e. The molecule has 13 heteroatoms. The van der Waals surface area contributed by atoms with E-state index in [1.807, 2.05) is 0 Å². The van der Waals surface area contributed by atoms with Crippen LogP contribution in [0.15, 0.2) is 42.6 Å². The molecule has 43 heavy (non-hydrogen) atoms. The van der Waals surface area contributed by atoms with E-state index in [-0.39, 0.29) is 12.2 Å². The Balaban J connectivity index is 1.66. The number of nitrogens with one attached hydrogen (secondary N) is 2. The highest BCUT2D eigenvalue weighted by Gasteiger charge is 2.29. The minimum Gasteiger partial charge on any atom is -0.456 e. The molecule has 0 saturated heterocycles. The summed E-state index contributed by atoms with van der Waals surface area (Å²) >= 11 is 0. The third-order valence-corrected chi connectivity index (χ3v) is 6.97. The molecule has 3 N–H and O–H groups in total. The first kappa shape index (κ1) is 30.0. The van der Waals surface area contributed by atoms with E-state index in [2.05, 4.69) is 25.2 Å². The lowest BCUT2D eigenvalue weighted by Gasteiger charge is -2.22. The van der Waals surface area contributed by atoms with E-state index >= 15 is 0 Å². The average Bonchev–Trinajstić information content (AvgIpc) is 3.51. The Morgan fingerprint density at radius 1 is 1.05 bits per heavy atom. The summed E-state index contributed by atoms with van der Waals surface area (Å²) in [7, 11) is 0. The maximum atomic E-state index is 14.0. The number of H-pyrrole nitrogens is 1. The van der Waals surface area contributed by atoms with Gasteiger partial charge >= 0.3 is 6.36 Å². The van der Waals surface area contributed by atoms with Gasteiger partial charge in [0, 0.05) is 29.3 Å². The van der Waals surface area contributed by atoms with Gasteiger partial charge in [0.05, 0.1) is 17.7 Å². The molecule has 0 radical (unpaired) electrons. The predicted octanol–water partition coefficient (Wildman–Crippen LogP) is 6.23. The van der Waals surface area contributed by atoms with Crippen LogP contribution in [-0.4, -0.2) is 50.1 Å². The number of halogens is 4. The molecule has 0 saturated carbocycles. The fourth-order valence-electron chi connectivity index (χ4n) is 4.88. The fraction of sp³-hybridized carbons (Fsp3) is 0.300. The zero-order valence-electron chi connectivity index (χ0n) is 24.0. The third kappa shape index (κ3) is 6.18. The summed E-state index contributed by atoms with van der Waals surface area (Å²) in [4.78, 5) is 15.9. The summed E-state index contributed by atoms with van der Waals surface area (Å²) in [5.74, 6) is 0.370. The van der Waals surface area contributed by atoms with Crippen molar-refractivity contribution in [2.24, 2.45) is 0 Å². The number of carbonyl (C=O) groups excluding carboxylic acids is 1. The van der Waals surface area contributed by atoms with Gasteiger partial charge in [-0.1, -0.05) is 6.07 Å². The number of hydrogen-bond acceptors (Lipinski definition) is 6. The minimum absolute atomic E-state index is 0.0725. The van der Waals surface area contributed by atoms with E-state index < -0.39 is 30.3 Å². The van der Waals surface area contributed by atoms with Gasteiger partial charge in [-0.2, -0.15) is 0 Å². The molecule has 0 atom stereocenters. The van der Waals surface area contributed by atoms with E-state index in [4.69, 9.17) is 4.74 Å². The number of ether oxygens (including phenoxy) is 2. The number of rotatable bonds is 8. The van der Waals surface area contributed by atoms with Crippen molar-refractivity contribution in [3.8, 4) is 22.6 Å². The van der Waals surface area contributed by atoms with Crippen LogP contribution in [-0.2, 0) is 10.3 Å². The number of hydrogen-bond donors (Lipinski definition) is 3. The van der Waals surface area contributed by atoms with Gasteiger partial charge in [-0.05, 0) is 81.6 Å². The molecule has 0 unspecified atom stereocenters. The van der Waals surface area contributed by atoms with Crippen molar-refractivity contribution in [1.29, 1.82) is 0 Å². The Morgan fingerprint density at radius 3 is 2.40 bits per heavy atom. The van der Waals surface area contributed by atoms with Crippen LogP contribution in [0.4, 0.5) is 17.6 Å². The molecule has 5 aromatic rings. The average molecular weight is 600 g/mol. The molecule has 3 aromatic heterocycles. The summed E-state index contributed by atoms with van der Waals surface area (Å²) < 4.78 is 62.9. The number of pyridine rings is 1. The maximum Gasteiger partial charge on any atom is 0.522 e. The molecule has 226 valence electrons. The molecule has 0 fully saturated rings. The van der Waals surface area contributed by atoms with Crippen LogP contribution >= 0.6 is 0 Å². The Kier molecular flexibility index (Phi) is 7.65. The molecule has 1 amide bonds. The number of aromatic amines is 1. The number of benzene rings is 2. The first-order chi connectivity index (χ1) is 20.1. The lowest BCUT2D eigenvalue weighted by atomic mass is 9.93. The van der Waals surface area contributed by atoms with Crippen molar-refractivity contribution < 1.29 is 36.9 Å². The number of fused-ring (bicyclic) bond motifs is 3. The Morgan fingerprint density at radius 2 is 1.74 bits per heavy atom. The second kappa shape index (κ2) is 11.0. The molecular formula is C30H29F4N5O4. The van der Waals surface area contributed by atoms with E-state index in [9.17, 15) is 27.5 Å². The highest BCUT2D eigenvalue weighted by atomic mass is 19.4. The Labute approximate surface area is 243 Å². The number of nitrogens with zero attached hydrogens (tertiary/aromatic N) is 3. The van der Waals surface area contributed by atoms with Gasteiger partial charge in [0.15, 0.2) is 5.65 Å². The Hall–Kier alpha value is -4.49. The molecular weight excluding hydrogens is 570 g/mol. The standard InChI is InChI=1S/C30H29F4N5O4/c1-15-10-19(31)11-16(2)26(15)43-24-7-6-18(29(4,5)41)12-20(24)22-14-39-17(3)37-38-27(39)25-21(22)13-23(36-25)28(40)35-8-9-42-30(32,33)34/h6-7,10-14,36,41H,8-9H2,1-5H3,(H,35,40). The van der Waals surface area contributed by atoms with Gasteiger partial charge in [-0.25, -0.2) is 4.39 Å². The van der Waals surface area contributed by atoms with Crippen molar-refractivity contribution in [2.45, 2.75) is 46.6 Å². The van der Waals surface area contributed by atoms with Crippen molar-refractivity contribution in [3.05, 3.63) is 76.6 Å². The van der Waals surface area contributed by atoms with Crippen molar-refractivity contribution in [2.75, 3.05) is 13.2 Å². The quantitative estimate of drug-likeness (QED) is 0.144. The van der Waals surface area contributed by atoms with Gasteiger partial charge in [0.1, 0.15) is 28.8 Å². The highest BCUT2D eigenvalue weighted by Crippen LogP contribution is 2.42. The van der Waals surface area contributed by atoms with Crippen LogP contribution in [0.1, 0.15) is 46.9 Å². The predicted molar refractivity (Wildman–Crippen MR) is 151 cm³/mol. The van der Waals surface area contributed by atoms with Crippen LogP contribution in [0.3, 0.4) is 0 Å². The number of carbonyl (C=O) groups is 1. The maximum absolute atomic E-state index is 14.0. The largest absolute Gasteiger partial charge is 0.522 e. The van der Waals surface area contributed by atoms with E-state index in [0.717, 1.165) is 0 Å². The van der Waals surface area contributed by atoms with Gasteiger partial charge in [0.25, 0.3) is 5.91 Å². The Bertz CT molecular complexity index is 1830. The number of amides is 1. The summed E-state index contributed by atoms with van der Waals surface area (Å²) in [6.45, 7) is 7.39. The van der Waals surface area contributed by atoms with E-state index in [1.165, 1.54) is 12.1 Å². The van der Waals surface area contributed by atoms with Gasteiger partial charge < -0.3 is 20.1 Å². The molecule has 9 nitrogen and oxygen atoms in total.